The molecule has 0 heterocycles. The summed E-state index contributed by atoms with van der Waals surface area (Å²) in [5, 5.41) is 3.21. The Morgan fingerprint density at radius 2 is 1.54 bits per heavy atom. The van der Waals surface area contributed by atoms with Crippen molar-refractivity contribution in [3.63, 3.8) is 0 Å². The van der Waals surface area contributed by atoms with Gasteiger partial charge < -0.3 is 4.74 Å². The number of halogens is 1. The Balaban J connectivity index is 1.72. The number of hydrogen-bond donors (Lipinski definition) is 0. The summed E-state index contributed by atoms with van der Waals surface area (Å²) in [6, 6.07) is 19.9. The average molecular weight is 449 g/mol. The highest BCUT2D eigenvalue weighted by Crippen LogP contribution is 2.34. The summed E-state index contributed by atoms with van der Waals surface area (Å²) in [4.78, 5) is 0. The van der Waals surface area contributed by atoms with Crippen LogP contribution < -0.4 is 15.1 Å². The van der Waals surface area contributed by atoms with Crippen LogP contribution in [0.15, 0.2) is 54.6 Å². The van der Waals surface area contributed by atoms with E-state index in [1.807, 2.05) is 0 Å². The van der Waals surface area contributed by atoms with E-state index in [0.29, 0.717) is 0 Å². The van der Waals surface area contributed by atoms with Crippen LogP contribution in [0.5, 0.6) is 5.75 Å². The van der Waals surface area contributed by atoms with Gasteiger partial charge in [-0.3, -0.25) is 0 Å². The maximum absolute atomic E-state index is 5.99. The highest BCUT2D eigenvalue weighted by molar-refractivity contribution is 14.1. The number of alkyl halides is 1. The van der Waals surface area contributed by atoms with Crippen LogP contribution in [0.25, 0.3) is 0 Å². The smallest absolute Gasteiger partial charge is 0.126 e. The second-order valence-electron chi connectivity index (χ2n) is 7.76. The van der Waals surface area contributed by atoms with Crippen molar-refractivity contribution in [3.8, 4) is 5.75 Å². The van der Waals surface area contributed by atoms with Gasteiger partial charge in [-0.2, -0.15) is 0 Å². The van der Waals surface area contributed by atoms with Gasteiger partial charge in [0, 0.05) is 3.92 Å². The van der Waals surface area contributed by atoms with E-state index >= 15 is 0 Å². The first-order valence-electron chi connectivity index (χ1n) is 8.73. The van der Waals surface area contributed by atoms with Gasteiger partial charge in [0.1, 0.15) is 14.5 Å². The van der Waals surface area contributed by atoms with Gasteiger partial charge in [0.2, 0.25) is 0 Å². The summed E-state index contributed by atoms with van der Waals surface area (Å²) in [6.45, 7) is 7.94. The summed E-state index contributed by atoms with van der Waals surface area (Å²) in [5.41, 5.74) is 0. The summed E-state index contributed by atoms with van der Waals surface area (Å²) >= 11 is 2.53. The molecule has 1 aliphatic carbocycles. The van der Waals surface area contributed by atoms with Crippen LogP contribution in [0.3, 0.4) is 0 Å². The molecule has 2 aromatic rings. The number of benzene rings is 2. The summed E-state index contributed by atoms with van der Waals surface area (Å²) in [5.74, 6) is 1.77. The molecule has 1 saturated carbocycles. The zero-order valence-electron chi connectivity index (χ0n) is 14.8. The van der Waals surface area contributed by atoms with E-state index < -0.39 is 8.80 Å². The van der Waals surface area contributed by atoms with Crippen LogP contribution in [0.2, 0.25) is 5.04 Å². The SMILES string of the molecule is CC(C)(C)[Si](c1ccccc1)c1ccc(OCC2CC(I)C2)cc1. The molecule has 0 aliphatic heterocycles. The van der Waals surface area contributed by atoms with Gasteiger partial charge in [0.25, 0.3) is 0 Å². The van der Waals surface area contributed by atoms with Gasteiger partial charge in [0.05, 0.1) is 6.61 Å². The fourth-order valence-electron chi connectivity index (χ4n) is 3.36. The standard InChI is InChI=1S/C21H26IOSi/c1-21(2,3)24(19-7-5-4-6-8-19)20-11-9-18(10-12-20)23-15-16-13-17(22)14-16/h4-12,16-17H,13-15H2,1-3H3. The lowest BCUT2D eigenvalue weighted by Crippen LogP contribution is -2.48. The molecule has 0 atom stereocenters. The van der Waals surface area contributed by atoms with Gasteiger partial charge in [-0.05, 0) is 35.9 Å². The lowest BCUT2D eigenvalue weighted by molar-refractivity contribution is 0.190. The highest BCUT2D eigenvalue weighted by atomic mass is 127. The van der Waals surface area contributed by atoms with E-state index in [9.17, 15) is 0 Å². The van der Waals surface area contributed by atoms with Crippen molar-refractivity contribution in [3.05, 3.63) is 54.6 Å². The molecule has 1 fully saturated rings. The average Bonchev–Trinajstić information content (AvgIpc) is 2.52. The maximum atomic E-state index is 5.99. The second kappa shape index (κ2) is 7.61. The normalized spacial score (nSPS) is 20.7. The molecule has 24 heavy (non-hydrogen) atoms. The van der Waals surface area contributed by atoms with Crippen LogP contribution in [0.4, 0.5) is 0 Å². The molecule has 0 N–H and O–H groups in total. The molecular weight excluding hydrogens is 423 g/mol. The minimum atomic E-state index is -0.820. The van der Waals surface area contributed by atoms with Gasteiger partial charge >= 0.3 is 0 Å². The van der Waals surface area contributed by atoms with Crippen LogP contribution >= 0.6 is 22.6 Å². The van der Waals surface area contributed by atoms with E-state index in [1.54, 1.807) is 0 Å². The van der Waals surface area contributed by atoms with Crippen molar-refractivity contribution in [2.24, 2.45) is 5.92 Å². The Morgan fingerprint density at radius 3 is 2.08 bits per heavy atom. The third-order valence-corrected chi connectivity index (χ3v) is 8.96. The predicted molar refractivity (Wildman–Crippen MR) is 114 cm³/mol. The summed E-state index contributed by atoms with van der Waals surface area (Å²) in [7, 11) is -0.820. The van der Waals surface area contributed by atoms with E-state index in [0.717, 1.165) is 22.2 Å². The maximum Gasteiger partial charge on any atom is 0.126 e. The Labute approximate surface area is 161 Å². The zero-order valence-corrected chi connectivity index (χ0v) is 17.9. The number of rotatable bonds is 5. The first-order chi connectivity index (χ1) is 11.4. The molecule has 0 amide bonds. The predicted octanol–water partition coefficient (Wildman–Crippen LogP) is 4.69. The first kappa shape index (κ1) is 18.0. The monoisotopic (exact) mass is 449 g/mol. The minimum absolute atomic E-state index is 0.273. The van der Waals surface area contributed by atoms with Crippen molar-refractivity contribution in [2.45, 2.75) is 42.6 Å². The third kappa shape index (κ3) is 4.42. The molecular formula is C21H26IOSi. The molecule has 1 aliphatic rings. The van der Waals surface area contributed by atoms with Crippen LogP contribution in [-0.4, -0.2) is 19.3 Å². The second-order valence-corrected chi connectivity index (χ2v) is 12.9. The Morgan fingerprint density at radius 1 is 0.958 bits per heavy atom. The molecule has 0 aromatic heterocycles. The minimum Gasteiger partial charge on any atom is -0.493 e. The molecule has 0 spiro atoms. The van der Waals surface area contributed by atoms with Crippen molar-refractivity contribution < 1.29 is 4.74 Å². The van der Waals surface area contributed by atoms with Crippen LogP contribution in [0, 0.1) is 5.92 Å². The van der Waals surface area contributed by atoms with Crippen molar-refractivity contribution in [1.82, 2.24) is 0 Å². The fraction of sp³-hybridized carbons (Fsp3) is 0.429. The number of ether oxygens (including phenoxy) is 1. The number of hydrogen-bond acceptors (Lipinski definition) is 1. The quantitative estimate of drug-likeness (QED) is 0.366. The highest BCUT2D eigenvalue weighted by Gasteiger charge is 2.30. The largest absolute Gasteiger partial charge is 0.493 e. The summed E-state index contributed by atoms with van der Waals surface area (Å²) in [6.07, 6.45) is 2.62. The van der Waals surface area contributed by atoms with E-state index in [4.69, 9.17) is 4.74 Å². The lowest BCUT2D eigenvalue weighted by atomic mass is 9.86. The van der Waals surface area contributed by atoms with Gasteiger partial charge in [0.15, 0.2) is 0 Å². The van der Waals surface area contributed by atoms with Crippen molar-refractivity contribution in [2.75, 3.05) is 6.61 Å². The molecule has 3 rings (SSSR count). The Bertz CT molecular complexity index is 642. The van der Waals surface area contributed by atoms with Gasteiger partial charge in [-0.15, -0.1) is 0 Å². The molecule has 0 unspecified atom stereocenters. The fourth-order valence-corrected chi connectivity index (χ4v) is 7.89. The van der Waals surface area contributed by atoms with Gasteiger partial charge in [-0.1, -0.05) is 96.2 Å². The van der Waals surface area contributed by atoms with Crippen molar-refractivity contribution in [1.29, 1.82) is 0 Å². The third-order valence-electron chi connectivity index (χ3n) is 4.62. The molecule has 2 aromatic carbocycles. The molecule has 127 valence electrons. The van der Waals surface area contributed by atoms with E-state index in [-0.39, 0.29) is 5.04 Å². The lowest BCUT2D eigenvalue weighted by Gasteiger charge is -2.31. The molecule has 1 nitrogen and oxygen atoms in total. The molecule has 0 saturated heterocycles. The Kier molecular flexibility index (Phi) is 5.70. The van der Waals surface area contributed by atoms with Gasteiger partial charge in [-0.25, -0.2) is 0 Å². The van der Waals surface area contributed by atoms with E-state index in [1.165, 1.54) is 23.2 Å². The van der Waals surface area contributed by atoms with Crippen LogP contribution in [-0.2, 0) is 0 Å². The molecule has 1 radical (unpaired) electrons. The first-order valence-corrected chi connectivity index (χ1v) is 11.5. The van der Waals surface area contributed by atoms with E-state index in [2.05, 4.69) is 98.0 Å². The molecule has 0 bridgehead atoms. The molecule has 3 heteroatoms. The zero-order chi connectivity index (χ0) is 17.2. The summed E-state index contributed by atoms with van der Waals surface area (Å²) < 4.78 is 6.85. The van der Waals surface area contributed by atoms with Crippen molar-refractivity contribution >= 4 is 41.8 Å². The van der Waals surface area contributed by atoms with Crippen LogP contribution in [0.1, 0.15) is 33.6 Å². The Hall–Kier alpha value is -0.813. The topological polar surface area (TPSA) is 9.23 Å².